The van der Waals surface area contributed by atoms with Crippen LogP contribution < -0.4 is 5.32 Å². The van der Waals surface area contributed by atoms with Crippen LogP contribution in [0.5, 0.6) is 0 Å². The van der Waals surface area contributed by atoms with Crippen LogP contribution in [0.25, 0.3) is 0 Å². The molecule has 0 spiro atoms. The van der Waals surface area contributed by atoms with Crippen LogP contribution in [0.1, 0.15) is 42.8 Å². The van der Waals surface area contributed by atoms with Crippen LogP contribution in [0.15, 0.2) is 22.8 Å². The highest BCUT2D eigenvalue weighted by molar-refractivity contribution is 7.09. The molecule has 1 atom stereocenters. The third-order valence-electron chi connectivity index (χ3n) is 2.99. The molecule has 0 aromatic carbocycles. The van der Waals surface area contributed by atoms with Crippen molar-refractivity contribution >= 4 is 16.7 Å². The molecule has 5 nitrogen and oxygen atoms in total. The van der Waals surface area contributed by atoms with Gasteiger partial charge in [0.1, 0.15) is 11.6 Å². The molecule has 0 aliphatic heterocycles. The molecule has 3 rings (SSSR count). The molecule has 0 saturated heterocycles. The molecular weight excluding hydrogens is 250 g/mol. The molecule has 1 unspecified atom stereocenters. The first-order valence-electron chi connectivity index (χ1n) is 6.11. The first-order valence-corrected chi connectivity index (χ1v) is 6.88. The normalized spacial score (nSPS) is 16.7. The van der Waals surface area contributed by atoms with E-state index in [4.69, 9.17) is 9.52 Å². The standard InChI is InChI=1S/C12H15N3O2S/c16-6-5-9(10-2-1-7-17-10)13-12-14-11(15-18-12)8-3-4-8/h1-2,7-9,16H,3-6H2,(H,13,14,15). The van der Waals surface area contributed by atoms with Gasteiger partial charge in [-0.3, -0.25) is 0 Å². The number of hydrogen-bond acceptors (Lipinski definition) is 6. The van der Waals surface area contributed by atoms with Crippen LogP contribution in [0, 0.1) is 0 Å². The molecule has 6 heteroatoms. The Morgan fingerprint density at radius 2 is 2.44 bits per heavy atom. The Balaban J connectivity index is 1.70. The summed E-state index contributed by atoms with van der Waals surface area (Å²) in [6, 6.07) is 3.69. The number of furan rings is 1. The number of hydrogen-bond donors (Lipinski definition) is 2. The molecular formula is C12H15N3O2S. The zero-order chi connectivity index (χ0) is 12.4. The molecule has 1 fully saturated rings. The lowest BCUT2D eigenvalue weighted by Crippen LogP contribution is -2.11. The number of rotatable bonds is 6. The Labute approximate surface area is 109 Å². The van der Waals surface area contributed by atoms with E-state index in [1.807, 2.05) is 12.1 Å². The second-order valence-corrected chi connectivity index (χ2v) is 5.21. The fraction of sp³-hybridized carbons (Fsp3) is 0.500. The van der Waals surface area contributed by atoms with Crippen molar-refractivity contribution in [3.63, 3.8) is 0 Å². The minimum atomic E-state index is -0.0509. The summed E-state index contributed by atoms with van der Waals surface area (Å²) in [6.45, 7) is 0.104. The van der Waals surface area contributed by atoms with Crippen LogP contribution in [-0.2, 0) is 0 Å². The predicted octanol–water partition coefficient (Wildman–Crippen LogP) is 2.54. The number of aliphatic hydroxyl groups is 1. The smallest absolute Gasteiger partial charge is 0.203 e. The molecule has 2 heterocycles. The lowest BCUT2D eigenvalue weighted by molar-refractivity contribution is 0.273. The molecule has 1 aliphatic carbocycles. The average Bonchev–Trinajstić information content (AvgIpc) is 2.92. The fourth-order valence-electron chi connectivity index (χ4n) is 1.85. The van der Waals surface area contributed by atoms with Gasteiger partial charge < -0.3 is 14.8 Å². The Bertz CT molecular complexity index is 493. The van der Waals surface area contributed by atoms with Gasteiger partial charge in [-0.15, -0.1) is 0 Å². The fourth-order valence-corrected chi connectivity index (χ4v) is 2.55. The molecule has 96 valence electrons. The number of anilines is 1. The van der Waals surface area contributed by atoms with Crippen molar-refractivity contribution in [1.82, 2.24) is 9.36 Å². The maximum atomic E-state index is 9.10. The van der Waals surface area contributed by atoms with Gasteiger partial charge in [0.15, 0.2) is 0 Å². The molecule has 0 amide bonds. The van der Waals surface area contributed by atoms with Gasteiger partial charge in [-0.1, -0.05) is 0 Å². The summed E-state index contributed by atoms with van der Waals surface area (Å²) < 4.78 is 9.72. The molecule has 1 saturated carbocycles. The first-order chi connectivity index (χ1) is 8.86. The highest BCUT2D eigenvalue weighted by Gasteiger charge is 2.28. The van der Waals surface area contributed by atoms with Crippen LogP contribution in [-0.4, -0.2) is 21.1 Å². The van der Waals surface area contributed by atoms with Gasteiger partial charge in [-0.25, -0.2) is 4.98 Å². The zero-order valence-electron chi connectivity index (χ0n) is 9.87. The highest BCUT2D eigenvalue weighted by Crippen LogP contribution is 2.39. The molecule has 1 aliphatic rings. The summed E-state index contributed by atoms with van der Waals surface area (Å²) in [5.74, 6) is 2.33. The zero-order valence-corrected chi connectivity index (χ0v) is 10.7. The highest BCUT2D eigenvalue weighted by atomic mass is 32.1. The molecule has 18 heavy (non-hydrogen) atoms. The quantitative estimate of drug-likeness (QED) is 0.840. The van der Waals surface area contributed by atoms with Crippen LogP contribution in [0.3, 0.4) is 0 Å². The molecule has 2 N–H and O–H groups in total. The lowest BCUT2D eigenvalue weighted by Gasteiger charge is -2.13. The van der Waals surface area contributed by atoms with E-state index < -0.39 is 0 Å². The Morgan fingerprint density at radius 1 is 1.56 bits per heavy atom. The van der Waals surface area contributed by atoms with Crippen molar-refractivity contribution in [1.29, 1.82) is 0 Å². The van der Waals surface area contributed by atoms with Gasteiger partial charge >= 0.3 is 0 Å². The number of nitrogens with zero attached hydrogens (tertiary/aromatic N) is 2. The lowest BCUT2D eigenvalue weighted by atomic mass is 10.1. The van der Waals surface area contributed by atoms with Crippen molar-refractivity contribution in [2.75, 3.05) is 11.9 Å². The summed E-state index contributed by atoms with van der Waals surface area (Å²) in [7, 11) is 0. The van der Waals surface area contributed by atoms with E-state index in [0.717, 1.165) is 16.7 Å². The van der Waals surface area contributed by atoms with Gasteiger partial charge in [0.05, 0.1) is 12.3 Å². The van der Waals surface area contributed by atoms with Crippen molar-refractivity contribution in [3.05, 3.63) is 30.0 Å². The monoisotopic (exact) mass is 265 g/mol. The molecule has 2 aromatic rings. The SMILES string of the molecule is OCCC(Nc1nc(C2CC2)ns1)c1ccco1. The molecule has 0 radical (unpaired) electrons. The third kappa shape index (κ3) is 2.54. The summed E-state index contributed by atoms with van der Waals surface area (Å²) in [6.07, 6.45) is 4.63. The predicted molar refractivity (Wildman–Crippen MR) is 68.7 cm³/mol. The van der Waals surface area contributed by atoms with Crippen molar-refractivity contribution in [3.8, 4) is 0 Å². The van der Waals surface area contributed by atoms with Gasteiger partial charge in [0.25, 0.3) is 0 Å². The molecule has 0 bridgehead atoms. The van der Waals surface area contributed by atoms with Crippen LogP contribution >= 0.6 is 11.5 Å². The van der Waals surface area contributed by atoms with Gasteiger partial charge in [-0.2, -0.15) is 4.37 Å². The maximum Gasteiger partial charge on any atom is 0.203 e. The summed E-state index contributed by atoms with van der Waals surface area (Å²) >= 11 is 1.37. The minimum absolute atomic E-state index is 0.0509. The van der Waals surface area contributed by atoms with Crippen molar-refractivity contribution in [2.24, 2.45) is 0 Å². The van der Waals surface area contributed by atoms with E-state index in [0.29, 0.717) is 12.3 Å². The van der Waals surface area contributed by atoms with Crippen molar-refractivity contribution in [2.45, 2.75) is 31.2 Å². The third-order valence-corrected chi connectivity index (χ3v) is 3.65. The summed E-state index contributed by atoms with van der Waals surface area (Å²) in [5.41, 5.74) is 0. The van der Waals surface area contributed by atoms with E-state index in [9.17, 15) is 0 Å². The van der Waals surface area contributed by atoms with E-state index in [2.05, 4.69) is 14.7 Å². The Kier molecular flexibility index (Phi) is 3.29. The Hall–Kier alpha value is -1.40. The average molecular weight is 265 g/mol. The second-order valence-electron chi connectivity index (χ2n) is 4.46. The van der Waals surface area contributed by atoms with Gasteiger partial charge in [-0.05, 0) is 31.4 Å². The number of nitrogens with one attached hydrogen (secondary N) is 1. The van der Waals surface area contributed by atoms with Gasteiger partial charge in [0.2, 0.25) is 5.13 Å². The van der Waals surface area contributed by atoms with Crippen molar-refractivity contribution < 1.29 is 9.52 Å². The van der Waals surface area contributed by atoms with E-state index in [-0.39, 0.29) is 12.6 Å². The topological polar surface area (TPSA) is 71.2 Å². The van der Waals surface area contributed by atoms with E-state index >= 15 is 0 Å². The summed E-state index contributed by atoms with van der Waals surface area (Å²) in [5, 5.41) is 13.2. The molecule has 2 aromatic heterocycles. The number of aliphatic hydroxyl groups excluding tert-OH is 1. The van der Waals surface area contributed by atoms with Crippen LogP contribution in [0.4, 0.5) is 5.13 Å². The van der Waals surface area contributed by atoms with E-state index in [1.54, 1.807) is 6.26 Å². The Morgan fingerprint density at radius 3 is 3.11 bits per heavy atom. The maximum absolute atomic E-state index is 9.10. The van der Waals surface area contributed by atoms with E-state index in [1.165, 1.54) is 24.4 Å². The largest absolute Gasteiger partial charge is 0.467 e. The van der Waals surface area contributed by atoms with Crippen LogP contribution in [0.2, 0.25) is 0 Å². The second kappa shape index (κ2) is 5.07. The van der Waals surface area contributed by atoms with Gasteiger partial charge in [0, 0.05) is 24.1 Å². The summed E-state index contributed by atoms with van der Waals surface area (Å²) in [4.78, 5) is 4.48. The minimum Gasteiger partial charge on any atom is -0.467 e. The number of aromatic nitrogens is 2. The first kappa shape index (κ1) is 11.7.